The molecule has 2 fully saturated rings. The number of hydrogen-bond acceptors (Lipinski definition) is 4. The number of hydrogen-bond donors (Lipinski definition) is 2. The lowest BCUT2D eigenvalue weighted by atomic mass is 9.95. The van der Waals surface area contributed by atoms with Crippen molar-refractivity contribution in [2.24, 2.45) is 5.92 Å². The highest BCUT2D eigenvalue weighted by atomic mass is 16.4. The molecule has 0 bridgehead atoms. The standard InChI is InChI=1S/C14H25N3O4/c18-9-3-12-2-1-4-17(10-12)14(21)16-7-5-15(6-8-16)11-13(19)20/h12,18H,1-11H2,(H,19,20). The first kappa shape index (κ1) is 16.0. The second-order valence-corrected chi connectivity index (χ2v) is 5.91. The Labute approximate surface area is 125 Å². The van der Waals surface area contributed by atoms with Crippen molar-refractivity contribution in [1.29, 1.82) is 0 Å². The predicted octanol–water partition coefficient (Wildman–Crippen LogP) is -0.0970. The summed E-state index contributed by atoms with van der Waals surface area (Å²) in [4.78, 5) is 28.7. The van der Waals surface area contributed by atoms with Crippen LogP contribution >= 0.6 is 0 Å². The molecule has 2 heterocycles. The molecule has 1 atom stereocenters. The third-order valence-electron chi connectivity index (χ3n) is 4.33. The zero-order valence-electron chi connectivity index (χ0n) is 12.4. The largest absolute Gasteiger partial charge is 0.480 e. The highest BCUT2D eigenvalue weighted by Crippen LogP contribution is 2.20. The minimum Gasteiger partial charge on any atom is -0.480 e. The normalized spacial score (nSPS) is 24.1. The van der Waals surface area contributed by atoms with Crippen LogP contribution in [0.4, 0.5) is 4.79 Å². The number of aliphatic hydroxyl groups excluding tert-OH is 1. The molecule has 120 valence electrons. The Bertz CT molecular complexity index is 367. The van der Waals surface area contributed by atoms with Gasteiger partial charge in [0.05, 0.1) is 6.54 Å². The Morgan fingerprint density at radius 1 is 1.05 bits per heavy atom. The topological polar surface area (TPSA) is 84.3 Å². The van der Waals surface area contributed by atoms with Gasteiger partial charge < -0.3 is 20.0 Å². The van der Waals surface area contributed by atoms with Crippen LogP contribution in [-0.4, -0.2) is 89.3 Å². The predicted molar refractivity (Wildman–Crippen MR) is 77.0 cm³/mol. The number of piperazine rings is 1. The van der Waals surface area contributed by atoms with Crippen LogP contribution in [0.25, 0.3) is 0 Å². The van der Waals surface area contributed by atoms with Crippen molar-refractivity contribution in [2.75, 3.05) is 52.4 Å². The van der Waals surface area contributed by atoms with E-state index in [4.69, 9.17) is 10.2 Å². The minimum atomic E-state index is -0.822. The van der Waals surface area contributed by atoms with Crippen LogP contribution in [0.5, 0.6) is 0 Å². The first-order chi connectivity index (χ1) is 10.1. The van der Waals surface area contributed by atoms with Crippen molar-refractivity contribution in [3.05, 3.63) is 0 Å². The van der Waals surface area contributed by atoms with Gasteiger partial charge >= 0.3 is 12.0 Å². The molecular formula is C14H25N3O4. The van der Waals surface area contributed by atoms with Gasteiger partial charge in [-0.25, -0.2) is 4.79 Å². The highest BCUT2D eigenvalue weighted by molar-refractivity contribution is 5.75. The summed E-state index contributed by atoms with van der Waals surface area (Å²) in [5, 5.41) is 17.8. The van der Waals surface area contributed by atoms with E-state index in [1.165, 1.54) is 0 Å². The van der Waals surface area contributed by atoms with Crippen molar-refractivity contribution >= 4 is 12.0 Å². The lowest BCUT2D eigenvalue weighted by Gasteiger charge is -2.39. The molecule has 0 aromatic heterocycles. The molecule has 7 heteroatoms. The lowest BCUT2D eigenvalue weighted by Crippen LogP contribution is -2.55. The number of likely N-dealkylation sites (tertiary alicyclic amines) is 1. The van der Waals surface area contributed by atoms with Gasteiger partial charge in [-0.3, -0.25) is 9.69 Å². The fourth-order valence-electron chi connectivity index (χ4n) is 3.15. The van der Waals surface area contributed by atoms with Crippen LogP contribution in [0, 0.1) is 5.92 Å². The Morgan fingerprint density at radius 3 is 2.38 bits per heavy atom. The van der Waals surface area contributed by atoms with Crippen molar-refractivity contribution in [3.8, 4) is 0 Å². The fourth-order valence-corrected chi connectivity index (χ4v) is 3.15. The van der Waals surface area contributed by atoms with Crippen LogP contribution in [0.3, 0.4) is 0 Å². The smallest absolute Gasteiger partial charge is 0.320 e. The Hall–Kier alpha value is -1.34. The monoisotopic (exact) mass is 299 g/mol. The zero-order valence-corrected chi connectivity index (χ0v) is 12.4. The van der Waals surface area contributed by atoms with Crippen molar-refractivity contribution in [1.82, 2.24) is 14.7 Å². The number of nitrogens with zero attached hydrogens (tertiary/aromatic N) is 3. The van der Waals surface area contributed by atoms with Crippen molar-refractivity contribution < 1.29 is 19.8 Å². The number of urea groups is 1. The number of carboxylic acid groups (broad SMARTS) is 1. The van der Waals surface area contributed by atoms with E-state index < -0.39 is 5.97 Å². The number of aliphatic carboxylic acids is 1. The quantitative estimate of drug-likeness (QED) is 0.757. The second kappa shape index (κ2) is 7.61. The van der Waals surface area contributed by atoms with Gasteiger partial charge in [-0.1, -0.05) is 0 Å². The number of carboxylic acids is 1. The Morgan fingerprint density at radius 2 is 1.76 bits per heavy atom. The summed E-state index contributed by atoms with van der Waals surface area (Å²) >= 11 is 0. The fraction of sp³-hybridized carbons (Fsp3) is 0.857. The summed E-state index contributed by atoms with van der Waals surface area (Å²) in [7, 11) is 0. The maximum atomic E-state index is 12.5. The Kier molecular flexibility index (Phi) is 5.81. The molecule has 7 nitrogen and oxygen atoms in total. The van der Waals surface area contributed by atoms with E-state index in [1.807, 2.05) is 14.7 Å². The molecule has 0 saturated carbocycles. The number of carbonyl (C=O) groups is 2. The molecule has 2 amide bonds. The van der Waals surface area contributed by atoms with Gasteiger partial charge in [-0.15, -0.1) is 0 Å². The average Bonchev–Trinajstić information content (AvgIpc) is 2.47. The van der Waals surface area contributed by atoms with Crippen molar-refractivity contribution in [2.45, 2.75) is 19.3 Å². The van der Waals surface area contributed by atoms with Crippen LogP contribution in [0.1, 0.15) is 19.3 Å². The maximum Gasteiger partial charge on any atom is 0.320 e. The minimum absolute atomic E-state index is 0.0460. The molecule has 2 aliphatic rings. The van der Waals surface area contributed by atoms with Gasteiger partial charge in [-0.05, 0) is 25.2 Å². The van der Waals surface area contributed by atoms with Crippen LogP contribution in [0.15, 0.2) is 0 Å². The third-order valence-corrected chi connectivity index (χ3v) is 4.33. The number of aliphatic hydroxyl groups is 1. The van der Waals surface area contributed by atoms with E-state index in [1.54, 1.807) is 0 Å². The summed E-state index contributed by atoms with van der Waals surface area (Å²) in [6.45, 7) is 4.16. The van der Waals surface area contributed by atoms with Gasteiger partial charge in [0.1, 0.15) is 0 Å². The number of amides is 2. The maximum absolute atomic E-state index is 12.5. The molecule has 0 aromatic carbocycles. The van der Waals surface area contributed by atoms with E-state index in [2.05, 4.69) is 0 Å². The molecule has 21 heavy (non-hydrogen) atoms. The van der Waals surface area contributed by atoms with E-state index in [9.17, 15) is 9.59 Å². The number of carbonyl (C=O) groups excluding carboxylic acids is 1. The highest BCUT2D eigenvalue weighted by Gasteiger charge is 2.29. The molecule has 0 aliphatic carbocycles. The molecular weight excluding hydrogens is 274 g/mol. The zero-order chi connectivity index (χ0) is 15.2. The van der Waals surface area contributed by atoms with Gasteiger partial charge in [-0.2, -0.15) is 0 Å². The molecule has 2 N–H and O–H groups in total. The summed E-state index contributed by atoms with van der Waals surface area (Å²) in [6, 6.07) is 0.0626. The summed E-state index contributed by atoms with van der Waals surface area (Å²) in [6.07, 6.45) is 2.84. The van der Waals surface area contributed by atoms with Crippen LogP contribution in [-0.2, 0) is 4.79 Å². The van der Waals surface area contributed by atoms with Crippen molar-refractivity contribution in [3.63, 3.8) is 0 Å². The van der Waals surface area contributed by atoms with E-state index in [-0.39, 0.29) is 19.2 Å². The number of rotatable bonds is 4. The van der Waals surface area contributed by atoms with E-state index in [0.717, 1.165) is 32.4 Å². The number of piperidine rings is 1. The first-order valence-electron chi connectivity index (χ1n) is 7.69. The van der Waals surface area contributed by atoms with E-state index >= 15 is 0 Å². The molecule has 0 spiro atoms. The van der Waals surface area contributed by atoms with Gasteiger partial charge in [0.25, 0.3) is 0 Å². The summed E-state index contributed by atoms with van der Waals surface area (Å²) < 4.78 is 0. The van der Waals surface area contributed by atoms with E-state index in [0.29, 0.717) is 32.1 Å². The van der Waals surface area contributed by atoms with Gasteiger partial charge in [0.2, 0.25) is 0 Å². The summed E-state index contributed by atoms with van der Waals surface area (Å²) in [5.74, 6) is -0.418. The SMILES string of the molecule is O=C(O)CN1CCN(C(=O)N2CCCC(CCO)C2)CC1. The second-order valence-electron chi connectivity index (χ2n) is 5.91. The molecule has 0 aromatic rings. The molecule has 2 rings (SSSR count). The van der Waals surface area contributed by atoms with Gasteiger partial charge in [0, 0.05) is 45.9 Å². The summed E-state index contributed by atoms with van der Waals surface area (Å²) in [5.41, 5.74) is 0. The molecule has 0 radical (unpaired) electrons. The molecule has 2 aliphatic heterocycles. The van der Waals surface area contributed by atoms with Crippen LogP contribution in [0.2, 0.25) is 0 Å². The third kappa shape index (κ3) is 4.57. The van der Waals surface area contributed by atoms with Gasteiger partial charge in [0.15, 0.2) is 0 Å². The first-order valence-corrected chi connectivity index (χ1v) is 7.69. The van der Waals surface area contributed by atoms with Crippen LogP contribution < -0.4 is 0 Å². The lowest BCUT2D eigenvalue weighted by molar-refractivity contribution is -0.138. The molecule has 1 unspecified atom stereocenters. The molecule has 2 saturated heterocycles. The Balaban J connectivity index is 1.80. The average molecular weight is 299 g/mol.